The van der Waals surface area contributed by atoms with Gasteiger partial charge >= 0.3 is 11.9 Å². The van der Waals surface area contributed by atoms with Gasteiger partial charge in [-0.05, 0) is 26.2 Å². The van der Waals surface area contributed by atoms with Crippen molar-refractivity contribution in [1.82, 2.24) is 0 Å². The molecule has 2 atom stereocenters. The number of rotatable bonds is 17. The normalized spacial score (nSPS) is 14.8. The second kappa shape index (κ2) is 14.0. The molecule has 0 saturated heterocycles. The topological polar surface area (TPSA) is 102 Å². The Bertz CT molecular complexity index is 360. The fourth-order valence-electron chi connectivity index (χ4n) is 2.47. The number of aliphatic carboxylic acids is 2. The second-order valence-electron chi connectivity index (χ2n) is 5.99. The molecule has 0 radical (unpaired) electrons. The van der Waals surface area contributed by atoms with Gasteiger partial charge in [0, 0.05) is 39.3 Å². The van der Waals surface area contributed by atoms with Crippen LogP contribution in [0.1, 0.15) is 65.7 Å². The zero-order valence-electron chi connectivity index (χ0n) is 15.8. The van der Waals surface area contributed by atoms with E-state index in [1.807, 2.05) is 20.8 Å². The van der Waals surface area contributed by atoms with Gasteiger partial charge in [-0.3, -0.25) is 4.79 Å². The summed E-state index contributed by atoms with van der Waals surface area (Å²) in [7, 11) is 0. The number of carbonyl (C=O) groups is 2. The predicted octanol–water partition coefficient (Wildman–Crippen LogP) is 3.10. The minimum atomic E-state index is -1.59. The van der Waals surface area contributed by atoms with Gasteiger partial charge in [0.25, 0.3) is 0 Å². The molecular formula is C18H34O7. The third-order valence-electron chi connectivity index (χ3n) is 4.00. The SMILES string of the molecule is CCCCOC(CCC(=O)O)C(CCOCC)(OCCCC)C(=O)O. The summed E-state index contributed by atoms with van der Waals surface area (Å²) in [6.45, 7) is 7.19. The monoisotopic (exact) mass is 362 g/mol. The summed E-state index contributed by atoms with van der Waals surface area (Å²) in [6.07, 6.45) is 2.49. The lowest BCUT2D eigenvalue weighted by atomic mass is 9.89. The summed E-state index contributed by atoms with van der Waals surface area (Å²) < 4.78 is 16.9. The summed E-state index contributed by atoms with van der Waals surface area (Å²) >= 11 is 0. The van der Waals surface area contributed by atoms with E-state index in [-0.39, 0.29) is 32.5 Å². The van der Waals surface area contributed by atoms with E-state index >= 15 is 0 Å². The first-order chi connectivity index (χ1) is 11.9. The van der Waals surface area contributed by atoms with Gasteiger partial charge < -0.3 is 24.4 Å². The van der Waals surface area contributed by atoms with E-state index < -0.39 is 23.6 Å². The third kappa shape index (κ3) is 9.18. The van der Waals surface area contributed by atoms with Gasteiger partial charge in [-0.2, -0.15) is 0 Å². The maximum Gasteiger partial charge on any atom is 0.338 e. The Kier molecular flexibility index (Phi) is 13.4. The van der Waals surface area contributed by atoms with Crippen LogP contribution < -0.4 is 0 Å². The molecule has 0 aliphatic heterocycles. The molecule has 2 unspecified atom stereocenters. The molecule has 0 aliphatic carbocycles. The number of ether oxygens (including phenoxy) is 3. The number of hydrogen-bond donors (Lipinski definition) is 2. The second-order valence-corrected chi connectivity index (χ2v) is 5.99. The largest absolute Gasteiger partial charge is 0.481 e. The summed E-state index contributed by atoms with van der Waals surface area (Å²) in [5.41, 5.74) is -1.59. The number of unbranched alkanes of at least 4 members (excludes halogenated alkanes) is 2. The average molecular weight is 362 g/mol. The van der Waals surface area contributed by atoms with Crippen molar-refractivity contribution in [3.05, 3.63) is 0 Å². The minimum absolute atomic E-state index is 0.0869. The van der Waals surface area contributed by atoms with Crippen LogP contribution in [0.3, 0.4) is 0 Å². The summed E-state index contributed by atoms with van der Waals surface area (Å²) in [5, 5.41) is 18.9. The minimum Gasteiger partial charge on any atom is -0.481 e. The Morgan fingerprint density at radius 1 is 1.00 bits per heavy atom. The van der Waals surface area contributed by atoms with Gasteiger partial charge in [-0.1, -0.05) is 26.7 Å². The molecule has 0 heterocycles. The van der Waals surface area contributed by atoms with E-state index in [1.165, 1.54) is 0 Å². The summed E-state index contributed by atoms with van der Waals surface area (Å²) in [5.74, 6) is -2.11. The lowest BCUT2D eigenvalue weighted by Crippen LogP contribution is -2.54. The molecule has 7 nitrogen and oxygen atoms in total. The molecule has 2 N–H and O–H groups in total. The van der Waals surface area contributed by atoms with Crippen LogP contribution >= 0.6 is 0 Å². The Morgan fingerprint density at radius 2 is 1.64 bits per heavy atom. The van der Waals surface area contributed by atoms with Crippen LogP contribution in [-0.2, 0) is 23.8 Å². The van der Waals surface area contributed by atoms with E-state index in [2.05, 4.69) is 0 Å². The van der Waals surface area contributed by atoms with Crippen LogP contribution in [0.4, 0.5) is 0 Å². The van der Waals surface area contributed by atoms with E-state index in [0.29, 0.717) is 13.2 Å². The zero-order chi connectivity index (χ0) is 19.1. The highest BCUT2D eigenvalue weighted by Crippen LogP contribution is 2.29. The van der Waals surface area contributed by atoms with E-state index in [0.717, 1.165) is 25.7 Å². The molecular weight excluding hydrogens is 328 g/mol. The highest BCUT2D eigenvalue weighted by molar-refractivity contribution is 5.78. The Balaban J connectivity index is 5.38. The van der Waals surface area contributed by atoms with Crippen LogP contribution in [0, 0.1) is 0 Å². The molecule has 0 spiro atoms. The maximum absolute atomic E-state index is 12.1. The molecule has 0 aromatic carbocycles. The van der Waals surface area contributed by atoms with Crippen LogP contribution in [0.25, 0.3) is 0 Å². The van der Waals surface area contributed by atoms with Crippen LogP contribution in [0.15, 0.2) is 0 Å². The number of carboxylic acids is 2. The molecule has 0 aromatic rings. The van der Waals surface area contributed by atoms with Gasteiger partial charge in [0.1, 0.15) is 0 Å². The fourth-order valence-corrected chi connectivity index (χ4v) is 2.47. The Labute approximate surface area is 150 Å². The van der Waals surface area contributed by atoms with Crippen molar-refractivity contribution in [2.45, 2.75) is 77.4 Å². The van der Waals surface area contributed by atoms with Crippen LogP contribution in [-0.4, -0.2) is 60.3 Å². The average Bonchev–Trinajstić information content (AvgIpc) is 2.56. The van der Waals surface area contributed by atoms with Gasteiger partial charge in [0.2, 0.25) is 0 Å². The van der Waals surface area contributed by atoms with E-state index in [9.17, 15) is 14.7 Å². The first-order valence-electron chi connectivity index (χ1n) is 9.23. The Morgan fingerprint density at radius 3 is 2.16 bits per heavy atom. The molecule has 0 aliphatic rings. The predicted molar refractivity (Wildman–Crippen MR) is 93.9 cm³/mol. The molecule has 0 saturated carbocycles. The van der Waals surface area contributed by atoms with Crippen molar-refractivity contribution in [2.75, 3.05) is 26.4 Å². The highest BCUT2D eigenvalue weighted by Gasteiger charge is 2.48. The molecule has 7 heteroatoms. The molecule has 148 valence electrons. The summed E-state index contributed by atoms with van der Waals surface area (Å²) in [4.78, 5) is 23.1. The van der Waals surface area contributed by atoms with Crippen molar-refractivity contribution in [1.29, 1.82) is 0 Å². The van der Waals surface area contributed by atoms with Crippen molar-refractivity contribution < 1.29 is 34.0 Å². The standard InChI is InChI=1S/C18H34O7/c1-4-7-12-24-15(9-10-16(19)20)18(17(21)22,11-14-23-6-3)25-13-8-5-2/h15H,4-14H2,1-3H3,(H,19,20)(H,21,22). The van der Waals surface area contributed by atoms with Crippen LogP contribution in [0.2, 0.25) is 0 Å². The Hall–Kier alpha value is -1.18. The quantitative estimate of drug-likeness (QED) is 0.383. The number of carboxylic acid groups (broad SMARTS) is 2. The first kappa shape index (κ1) is 23.8. The van der Waals surface area contributed by atoms with Crippen molar-refractivity contribution in [3.8, 4) is 0 Å². The molecule has 0 rings (SSSR count). The smallest absolute Gasteiger partial charge is 0.338 e. The van der Waals surface area contributed by atoms with Crippen LogP contribution in [0.5, 0.6) is 0 Å². The van der Waals surface area contributed by atoms with Crippen molar-refractivity contribution in [3.63, 3.8) is 0 Å². The van der Waals surface area contributed by atoms with E-state index in [1.54, 1.807) is 0 Å². The van der Waals surface area contributed by atoms with Crippen molar-refractivity contribution in [2.24, 2.45) is 0 Å². The highest BCUT2D eigenvalue weighted by atomic mass is 16.6. The molecule has 0 fully saturated rings. The molecule has 25 heavy (non-hydrogen) atoms. The van der Waals surface area contributed by atoms with Gasteiger partial charge in [0.05, 0.1) is 6.10 Å². The summed E-state index contributed by atoms with van der Waals surface area (Å²) in [6, 6.07) is 0. The molecule has 0 amide bonds. The lowest BCUT2D eigenvalue weighted by Gasteiger charge is -2.37. The van der Waals surface area contributed by atoms with Gasteiger partial charge in [-0.15, -0.1) is 0 Å². The maximum atomic E-state index is 12.1. The lowest BCUT2D eigenvalue weighted by molar-refractivity contribution is -0.197. The van der Waals surface area contributed by atoms with Gasteiger partial charge in [-0.25, -0.2) is 4.79 Å². The van der Waals surface area contributed by atoms with Crippen molar-refractivity contribution >= 4 is 11.9 Å². The zero-order valence-corrected chi connectivity index (χ0v) is 15.8. The first-order valence-corrected chi connectivity index (χ1v) is 9.23. The molecule has 0 bridgehead atoms. The van der Waals surface area contributed by atoms with E-state index in [4.69, 9.17) is 19.3 Å². The molecule has 0 aromatic heterocycles. The van der Waals surface area contributed by atoms with Gasteiger partial charge in [0.15, 0.2) is 5.60 Å². The fraction of sp³-hybridized carbons (Fsp3) is 0.889. The number of hydrogen-bond acceptors (Lipinski definition) is 5. The third-order valence-corrected chi connectivity index (χ3v) is 4.00.